The zero-order chi connectivity index (χ0) is 24.9. The second-order valence-corrected chi connectivity index (χ2v) is 9.55. The molecule has 4 aromatic rings. The third-order valence-electron chi connectivity index (χ3n) is 7.23. The average molecular weight is 485 g/mol. The minimum atomic E-state index is -0.540. The van der Waals surface area contributed by atoms with Crippen LogP contribution in [0.15, 0.2) is 73.6 Å². The lowest BCUT2D eigenvalue weighted by Gasteiger charge is -2.58. The van der Waals surface area contributed by atoms with Crippen molar-refractivity contribution in [3.63, 3.8) is 0 Å². The smallest absolute Gasteiger partial charge is 0.245 e. The Kier molecular flexibility index (Phi) is 5.25. The summed E-state index contributed by atoms with van der Waals surface area (Å²) in [6.07, 6.45) is 6.99. The predicted octanol–water partition coefficient (Wildman–Crippen LogP) is 5.39. The lowest BCUT2D eigenvalue weighted by Crippen LogP contribution is -2.63. The molecular formula is C28H25FN4O3. The quantitative estimate of drug-likeness (QED) is 0.343. The summed E-state index contributed by atoms with van der Waals surface area (Å²) in [6.45, 7) is 5.16. The van der Waals surface area contributed by atoms with Crippen molar-refractivity contribution in [3.8, 4) is 28.5 Å². The number of amides is 1. The number of hydrogen-bond acceptors (Lipinski definition) is 5. The standard InChI is InChI=1S/C28H25FN4O3/c1-3-25(34)32-16-28(17-32)13-19(14-28)33-22-11-12-30-15-21(22)27(31-33)18-7-9-20(10-8-18)36-24-6-4-5-23(35-2)26(24)29/h3-12,15,19H,1,13-14,16-17H2,2H3. The molecule has 1 aliphatic heterocycles. The lowest BCUT2D eigenvalue weighted by atomic mass is 9.60. The Balaban J connectivity index is 1.23. The van der Waals surface area contributed by atoms with Gasteiger partial charge in [-0.25, -0.2) is 0 Å². The molecule has 1 saturated carbocycles. The Bertz CT molecular complexity index is 1470. The van der Waals surface area contributed by atoms with Gasteiger partial charge in [-0.05, 0) is 61.4 Å². The molecule has 0 N–H and O–H groups in total. The number of nitrogens with zero attached hydrogens (tertiary/aromatic N) is 4. The molecule has 2 aromatic carbocycles. The van der Waals surface area contributed by atoms with Crippen molar-refractivity contribution in [2.24, 2.45) is 5.41 Å². The maximum absolute atomic E-state index is 14.5. The summed E-state index contributed by atoms with van der Waals surface area (Å²) < 4.78 is 27.3. The monoisotopic (exact) mass is 484 g/mol. The number of pyridine rings is 1. The van der Waals surface area contributed by atoms with Crippen LogP contribution < -0.4 is 9.47 Å². The van der Waals surface area contributed by atoms with E-state index < -0.39 is 5.82 Å². The van der Waals surface area contributed by atoms with E-state index >= 15 is 0 Å². The highest BCUT2D eigenvalue weighted by atomic mass is 19.1. The number of ether oxygens (including phenoxy) is 2. The van der Waals surface area contributed by atoms with Gasteiger partial charge in [-0.1, -0.05) is 12.6 Å². The number of methoxy groups -OCH3 is 1. The van der Waals surface area contributed by atoms with Gasteiger partial charge in [-0.3, -0.25) is 14.5 Å². The van der Waals surface area contributed by atoms with Gasteiger partial charge < -0.3 is 14.4 Å². The highest BCUT2D eigenvalue weighted by Crippen LogP contribution is 2.54. The normalized spacial score (nSPS) is 16.4. The van der Waals surface area contributed by atoms with Gasteiger partial charge in [0, 0.05) is 41.8 Å². The van der Waals surface area contributed by atoms with E-state index in [0.29, 0.717) is 5.75 Å². The summed E-state index contributed by atoms with van der Waals surface area (Å²) >= 11 is 0. The fourth-order valence-electron chi connectivity index (χ4n) is 5.43. The maximum atomic E-state index is 14.5. The summed E-state index contributed by atoms with van der Waals surface area (Å²) in [5.41, 5.74) is 3.00. The van der Waals surface area contributed by atoms with Gasteiger partial charge in [0.25, 0.3) is 0 Å². The molecule has 0 bridgehead atoms. The van der Waals surface area contributed by atoms with Crippen molar-refractivity contribution in [3.05, 3.63) is 79.4 Å². The van der Waals surface area contributed by atoms with Crippen molar-refractivity contribution in [2.75, 3.05) is 20.2 Å². The Hall–Kier alpha value is -4.20. The summed E-state index contributed by atoms with van der Waals surface area (Å²) in [4.78, 5) is 18.0. The second kappa shape index (κ2) is 8.48. The summed E-state index contributed by atoms with van der Waals surface area (Å²) in [6, 6.07) is 14.5. The predicted molar refractivity (Wildman–Crippen MR) is 133 cm³/mol. The molecule has 0 unspecified atom stereocenters. The van der Waals surface area contributed by atoms with E-state index in [0.717, 1.165) is 48.1 Å². The van der Waals surface area contributed by atoms with Crippen LogP contribution in [0.2, 0.25) is 0 Å². The molecule has 2 aromatic heterocycles. The number of likely N-dealkylation sites (tertiary alicyclic amines) is 1. The molecule has 6 rings (SSSR count). The van der Waals surface area contributed by atoms with Crippen molar-refractivity contribution >= 4 is 16.8 Å². The van der Waals surface area contributed by atoms with Crippen LogP contribution in [0.25, 0.3) is 22.2 Å². The van der Waals surface area contributed by atoms with Crippen LogP contribution in [-0.2, 0) is 4.79 Å². The van der Waals surface area contributed by atoms with E-state index in [1.165, 1.54) is 13.2 Å². The molecule has 36 heavy (non-hydrogen) atoms. The number of aromatic nitrogens is 3. The van der Waals surface area contributed by atoms with Crippen LogP contribution in [0.1, 0.15) is 18.9 Å². The van der Waals surface area contributed by atoms with E-state index in [4.69, 9.17) is 14.6 Å². The molecule has 0 atom stereocenters. The third-order valence-corrected chi connectivity index (χ3v) is 7.23. The number of rotatable bonds is 6. The topological polar surface area (TPSA) is 69.5 Å². The van der Waals surface area contributed by atoms with Gasteiger partial charge in [0.15, 0.2) is 11.5 Å². The molecule has 7 nitrogen and oxygen atoms in total. The molecule has 1 saturated heterocycles. The highest BCUT2D eigenvalue weighted by molar-refractivity contribution is 5.93. The van der Waals surface area contributed by atoms with Gasteiger partial charge in [0.1, 0.15) is 11.4 Å². The van der Waals surface area contributed by atoms with Gasteiger partial charge in [0.05, 0.1) is 18.7 Å². The first-order valence-corrected chi connectivity index (χ1v) is 11.8. The Morgan fingerprint density at radius 2 is 1.89 bits per heavy atom. The van der Waals surface area contributed by atoms with E-state index in [1.54, 1.807) is 36.5 Å². The first-order chi connectivity index (χ1) is 17.5. The molecule has 8 heteroatoms. The van der Waals surface area contributed by atoms with Crippen LogP contribution in [0, 0.1) is 11.2 Å². The molecule has 2 fully saturated rings. The minimum absolute atomic E-state index is 0.00328. The zero-order valence-electron chi connectivity index (χ0n) is 19.9. The highest BCUT2D eigenvalue weighted by Gasteiger charge is 2.54. The molecule has 1 spiro atoms. The van der Waals surface area contributed by atoms with E-state index in [-0.39, 0.29) is 28.9 Å². The van der Waals surface area contributed by atoms with Gasteiger partial charge >= 0.3 is 0 Å². The number of halogens is 1. The van der Waals surface area contributed by atoms with Crippen LogP contribution in [0.5, 0.6) is 17.2 Å². The largest absolute Gasteiger partial charge is 0.494 e. The summed E-state index contributed by atoms with van der Waals surface area (Å²) in [5, 5.41) is 5.96. The SMILES string of the molecule is C=CC(=O)N1CC2(CC(n3nc(-c4ccc(Oc5cccc(OC)c5F)cc4)c4cnccc43)C2)C1. The number of carbonyl (C=O) groups is 1. The zero-order valence-corrected chi connectivity index (χ0v) is 19.9. The molecule has 0 radical (unpaired) electrons. The fraction of sp³-hybridized carbons (Fsp3) is 0.250. The van der Waals surface area contributed by atoms with Gasteiger partial charge in [-0.2, -0.15) is 9.49 Å². The lowest BCUT2D eigenvalue weighted by molar-refractivity contribution is -0.148. The molecule has 1 amide bonds. The van der Waals surface area contributed by atoms with Crippen molar-refractivity contribution in [2.45, 2.75) is 18.9 Å². The van der Waals surface area contributed by atoms with Crippen molar-refractivity contribution in [1.82, 2.24) is 19.7 Å². The minimum Gasteiger partial charge on any atom is -0.494 e. The van der Waals surface area contributed by atoms with Crippen LogP contribution in [-0.4, -0.2) is 45.8 Å². The number of fused-ring (bicyclic) bond motifs is 1. The molecule has 2 aliphatic rings. The average Bonchev–Trinajstić information content (AvgIpc) is 3.23. The Morgan fingerprint density at radius 3 is 2.61 bits per heavy atom. The number of benzene rings is 2. The molecular weight excluding hydrogens is 459 g/mol. The Labute approximate surface area is 207 Å². The van der Waals surface area contributed by atoms with E-state index in [2.05, 4.69) is 16.2 Å². The molecule has 3 heterocycles. The first kappa shape index (κ1) is 22.3. The van der Waals surface area contributed by atoms with Crippen LogP contribution >= 0.6 is 0 Å². The van der Waals surface area contributed by atoms with Gasteiger partial charge in [0.2, 0.25) is 11.7 Å². The Morgan fingerprint density at radius 1 is 1.14 bits per heavy atom. The first-order valence-electron chi connectivity index (χ1n) is 11.8. The van der Waals surface area contributed by atoms with Gasteiger partial charge in [-0.15, -0.1) is 0 Å². The molecule has 182 valence electrons. The fourth-order valence-corrected chi connectivity index (χ4v) is 5.43. The van der Waals surface area contributed by atoms with Crippen LogP contribution in [0.3, 0.4) is 0 Å². The van der Waals surface area contributed by atoms with Crippen molar-refractivity contribution < 1.29 is 18.7 Å². The van der Waals surface area contributed by atoms with Crippen molar-refractivity contribution in [1.29, 1.82) is 0 Å². The van der Waals surface area contributed by atoms with E-state index in [9.17, 15) is 9.18 Å². The number of carbonyl (C=O) groups excluding carboxylic acids is 1. The van der Waals surface area contributed by atoms with E-state index in [1.807, 2.05) is 29.3 Å². The maximum Gasteiger partial charge on any atom is 0.245 e. The van der Waals surface area contributed by atoms with Crippen LogP contribution in [0.4, 0.5) is 4.39 Å². The summed E-state index contributed by atoms with van der Waals surface area (Å²) in [7, 11) is 1.42. The summed E-state index contributed by atoms with van der Waals surface area (Å²) in [5.74, 6) is 0.208. The number of hydrogen-bond donors (Lipinski definition) is 0. The second-order valence-electron chi connectivity index (χ2n) is 9.55. The molecule has 1 aliphatic carbocycles. The third kappa shape index (κ3) is 3.61.